The fourth-order valence-electron chi connectivity index (χ4n) is 4.58. The number of likely N-dealkylation sites (N-methyl/N-ethyl adjacent to an activating group) is 1. The summed E-state index contributed by atoms with van der Waals surface area (Å²) in [5.74, 6) is 1.16. The highest BCUT2D eigenvalue weighted by Crippen LogP contribution is 2.37. The van der Waals surface area contributed by atoms with Gasteiger partial charge in [-0.25, -0.2) is 4.99 Å². The first-order chi connectivity index (χ1) is 18.5. The van der Waals surface area contributed by atoms with Gasteiger partial charge in [-0.3, -0.25) is 19.8 Å². The number of carbonyl (C=O) groups is 1. The summed E-state index contributed by atoms with van der Waals surface area (Å²) in [4.78, 5) is 33.2. The number of aliphatic imine (C=N–C) groups is 1. The molecule has 2 aliphatic rings. The third kappa shape index (κ3) is 5.31. The van der Waals surface area contributed by atoms with Crippen LogP contribution in [0.4, 0.5) is 17.1 Å². The minimum Gasteiger partial charge on any atom is -0.496 e. The van der Waals surface area contributed by atoms with Crippen molar-refractivity contribution in [1.82, 2.24) is 4.90 Å². The van der Waals surface area contributed by atoms with Crippen molar-refractivity contribution in [1.29, 1.82) is 0 Å². The third-order valence-corrected chi connectivity index (χ3v) is 7.57. The molecule has 0 radical (unpaired) electrons. The molecule has 0 atom stereocenters. The van der Waals surface area contributed by atoms with Crippen molar-refractivity contribution in [2.75, 3.05) is 31.6 Å². The average molecular weight is 533 g/mol. The molecule has 0 unspecified atom stereocenters. The predicted octanol–water partition coefficient (Wildman–Crippen LogP) is 6.48. The van der Waals surface area contributed by atoms with E-state index in [9.17, 15) is 14.9 Å². The van der Waals surface area contributed by atoms with Crippen LogP contribution in [0.3, 0.4) is 0 Å². The second-order valence-corrected chi connectivity index (χ2v) is 9.97. The summed E-state index contributed by atoms with van der Waals surface area (Å²) in [6, 6.07) is 15.9. The number of non-ortho nitro benzene ring substituents is 1. The molecule has 2 saturated heterocycles. The van der Waals surface area contributed by atoms with Crippen LogP contribution in [0.2, 0.25) is 0 Å². The summed E-state index contributed by atoms with van der Waals surface area (Å²) in [7, 11) is 1.49. The van der Waals surface area contributed by atoms with E-state index in [2.05, 4.69) is 17.0 Å². The number of carbonyl (C=O) groups excluding carboxylic acids is 1. The van der Waals surface area contributed by atoms with Crippen molar-refractivity contribution in [3.05, 3.63) is 75.4 Å². The predicted molar refractivity (Wildman–Crippen MR) is 150 cm³/mol. The van der Waals surface area contributed by atoms with Gasteiger partial charge in [0.15, 0.2) is 5.17 Å². The highest BCUT2D eigenvalue weighted by atomic mass is 32.2. The maximum Gasteiger partial charge on any atom is 0.270 e. The Morgan fingerprint density at radius 2 is 1.87 bits per heavy atom. The van der Waals surface area contributed by atoms with Crippen LogP contribution < -0.4 is 9.64 Å². The lowest BCUT2D eigenvalue weighted by molar-refractivity contribution is -0.384. The first-order valence-corrected chi connectivity index (χ1v) is 13.4. The first-order valence-electron chi connectivity index (χ1n) is 12.5. The molecule has 3 aromatic rings. The van der Waals surface area contributed by atoms with E-state index in [-0.39, 0.29) is 11.6 Å². The topological polar surface area (TPSA) is 101 Å². The van der Waals surface area contributed by atoms with E-state index in [4.69, 9.17) is 14.1 Å². The summed E-state index contributed by atoms with van der Waals surface area (Å²) in [5, 5.41) is 11.8. The minimum absolute atomic E-state index is 0.0676. The highest BCUT2D eigenvalue weighted by molar-refractivity contribution is 8.18. The van der Waals surface area contributed by atoms with Gasteiger partial charge in [0.05, 0.1) is 28.2 Å². The number of piperidine rings is 1. The molecule has 0 spiro atoms. The molecule has 2 fully saturated rings. The van der Waals surface area contributed by atoms with Crippen molar-refractivity contribution in [2.24, 2.45) is 4.99 Å². The van der Waals surface area contributed by atoms with Gasteiger partial charge in [-0.05, 0) is 80.4 Å². The van der Waals surface area contributed by atoms with Crippen LogP contribution in [0.5, 0.6) is 5.75 Å². The molecule has 0 bridgehead atoms. The summed E-state index contributed by atoms with van der Waals surface area (Å²) >= 11 is 1.30. The molecule has 9 nitrogen and oxygen atoms in total. The van der Waals surface area contributed by atoms with Gasteiger partial charge in [-0.15, -0.1) is 0 Å². The Labute approximate surface area is 224 Å². The fourth-order valence-corrected chi connectivity index (χ4v) is 5.62. The number of amidine groups is 1. The smallest absolute Gasteiger partial charge is 0.270 e. The Balaban J connectivity index is 1.37. The number of amides is 1. The standard InChI is InChI=1S/C28H28N4O5S/c1-3-31-27(33)26(38-28(31)29-19-7-9-20(10-8-19)30-15-5-4-6-16-30)18-22-12-14-25(37-22)23-17-21(32(34)35)11-13-24(23)36-2/h7-14,17-18H,3-6,15-16H2,1-2H3/b26-18-,29-28?. The molecule has 5 rings (SSSR count). The second kappa shape index (κ2) is 11.1. The maximum atomic E-state index is 13.1. The van der Waals surface area contributed by atoms with Gasteiger partial charge in [-0.1, -0.05) is 0 Å². The zero-order chi connectivity index (χ0) is 26.6. The number of methoxy groups -OCH3 is 1. The number of anilines is 1. The zero-order valence-corrected chi connectivity index (χ0v) is 22.1. The summed E-state index contributed by atoms with van der Waals surface area (Å²) in [6.45, 7) is 4.56. The molecule has 38 heavy (non-hydrogen) atoms. The van der Waals surface area contributed by atoms with Gasteiger partial charge in [0.25, 0.3) is 11.6 Å². The molecule has 0 saturated carbocycles. The Morgan fingerprint density at radius 3 is 2.55 bits per heavy atom. The largest absolute Gasteiger partial charge is 0.496 e. The zero-order valence-electron chi connectivity index (χ0n) is 21.3. The molecule has 1 amide bonds. The molecule has 2 aliphatic heterocycles. The second-order valence-electron chi connectivity index (χ2n) is 8.96. The van der Waals surface area contributed by atoms with Crippen molar-refractivity contribution in [2.45, 2.75) is 26.2 Å². The van der Waals surface area contributed by atoms with Gasteiger partial charge in [0.2, 0.25) is 0 Å². The lowest BCUT2D eigenvalue weighted by Crippen LogP contribution is -2.29. The number of nitro benzene ring substituents is 1. The normalized spacial score (nSPS) is 18.0. The van der Waals surface area contributed by atoms with Gasteiger partial charge < -0.3 is 14.1 Å². The van der Waals surface area contributed by atoms with Crippen LogP contribution in [0.15, 0.2) is 68.9 Å². The van der Waals surface area contributed by atoms with E-state index in [1.165, 1.54) is 62.0 Å². The van der Waals surface area contributed by atoms with Crippen LogP contribution in [-0.4, -0.2) is 47.6 Å². The van der Waals surface area contributed by atoms with Gasteiger partial charge in [-0.2, -0.15) is 0 Å². The highest BCUT2D eigenvalue weighted by Gasteiger charge is 2.32. The Bertz CT molecular complexity index is 1410. The number of rotatable bonds is 7. The summed E-state index contributed by atoms with van der Waals surface area (Å²) in [6.07, 6.45) is 5.40. The van der Waals surface area contributed by atoms with Crippen molar-refractivity contribution in [3.8, 4) is 17.1 Å². The number of ether oxygens (including phenoxy) is 1. The Kier molecular flexibility index (Phi) is 7.50. The maximum absolute atomic E-state index is 13.1. The summed E-state index contributed by atoms with van der Waals surface area (Å²) in [5.41, 5.74) is 2.38. The molecule has 2 aromatic carbocycles. The third-order valence-electron chi connectivity index (χ3n) is 6.56. The monoisotopic (exact) mass is 532 g/mol. The van der Waals surface area contributed by atoms with Crippen LogP contribution in [-0.2, 0) is 4.79 Å². The van der Waals surface area contributed by atoms with Crippen molar-refractivity contribution < 1.29 is 18.9 Å². The number of hydrogen-bond acceptors (Lipinski definition) is 8. The number of furan rings is 1. The lowest BCUT2D eigenvalue weighted by Gasteiger charge is -2.28. The van der Waals surface area contributed by atoms with Gasteiger partial charge >= 0.3 is 0 Å². The molecule has 196 valence electrons. The van der Waals surface area contributed by atoms with Gasteiger partial charge in [0.1, 0.15) is 17.3 Å². The van der Waals surface area contributed by atoms with E-state index in [0.29, 0.717) is 39.5 Å². The minimum atomic E-state index is -0.468. The van der Waals surface area contributed by atoms with E-state index < -0.39 is 4.92 Å². The van der Waals surface area contributed by atoms with Crippen LogP contribution in [0, 0.1) is 10.1 Å². The van der Waals surface area contributed by atoms with E-state index >= 15 is 0 Å². The Morgan fingerprint density at radius 1 is 1.11 bits per heavy atom. The molecule has 0 aliphatic carbocycles. The van der Waals surface area contributed by atoms with E-state index in [0.717, 1.165) is 18.8 Å². The Hall–Kier alpha value is -4.05. The number of nitrogens with zero attached hydrogens (tertiary/aromatic N) is 4. The number of benzene rings is 2. The number of nitro groups is 1. The van der Waals surface area contributed by atoms with Crippen molar-refractivity contribution in [3.63, 3.8) is 0 Å². The molecule has 0 N–H and O–H groups in total. The lowest BCUT2D eigenvalue weighted by atomic mass is 10.1. The molecular weight excluding hydrogens is 504 g/mol. The number of hydrogen-bond donors (Lipinski definition) is 0. The van der Waals surface area contributed by atoms with Crippen molar-refractivity contribution >= 4 is 46.0 Å². The molecule has 1 aromatic heterocycles. The van der Waals surface area contributed by atoms with Crippen LogP contribution in [0.25, 0.3) is 17.4 Å². The number of thioether (sulfide) groups is 1. The SMILES string of the molecule is CCN1C(=O)/C(=C/c2ccc(-c3cc([N+](=O)[O-])ccc3OC)o2)SC1=Nc1ccc(N2CCCCC2)cc1. The van der Waals surface area contributed by atoms with E-state index in [1.54, 1.807) is 23.1 Å². The van der Waals surface area contributed by atoms with Crippen LogP contribution >= 0.6 is 11.8 Å². The van der Waals surface area contributed by atoms with Gasteiger partial charge in [0, 0.05) is 43.5 Å². The molecule has 3 heterocycles. The van der Waals surface area contributed by atoms with Crippen LogP contribution in [0.1, 0.15) is 31.9 Å². The first kappa shape index (κ1) is 25.6. The molecule has 10 heteroatoms. The van der Waals surface area contributed by atoms with E-state index in [1.807, 2.05) is 19.1 Å². The molecular formula is C28H28N4O5S. The average Bonchev–Trinajstić information content (AvgIpc) is 3.53. The quantitative estimate of drug-likeness (QED) is 0.195. The summed E-state index contributed by atoms with van der Waals surface area (Å²) < 4.78 is 11.3. The fraction of sp³-hybridized carbons (Fsp3) is 0.286.